The van der Waals surface area contributed by atoms with Crippen molar-refractivity contribution in [3.05, 3.63) is 23.8 Å². The van der Waals surface area contributed by atoms with Gasteiger partial charge in [-0.2, -0.15) is 0 Å². The Morgan fingerprint density at radius 2 is 1.65 bits per heavy atom. The molecule has 10 atom stereocenters. The lowest BCUT2D eigenvalue weighted by Crippen LogP contribution is -2.65. The van der Waals surface area contributed by atoms with Gasteiger partial charge in [0.1, 0.15) is 11.7 Å². The minimum atomic E-state index is -1.20. The average molecular weight is 431 g/mol. The summed E-state index contributed by atoms with van der Waals surface area (Å²) in [7, 11) is 0. The average Bonchev–Trinajstić information content (AvgIpc) is 3.05. The van der Waals surface area contributed by atoms with Crippen LogP contribution in [0.25, 0.3) is 0 Å². The van der Waals surface area contributed by atoms with Gasteiger partial charge < -0.3 is 15.3 Å². The molecule has 3 N–H and O–H groups in total. The summed E-state index contributed by atoms with van der Waals surface area (Å²) >= 11 is 0. The molecule has 3 heteroatoms. The van der Waals surface area contributed by atoms with Crippen molar-refractivity contribution in [2.24, 2.45) is 46.3 Å². The molecular weight excluding hydrogens is 384 g/mol. The van der Waals surface area contributed by atoms with E-state index in [-0.39, 0.29) is 10.8 Å². The minimum absolute atomic E-state index is 0.271. The Bertz CT molecular complexity index is 741. The van der Waals surface area contributed by atoms with Crippen molar-refractivity contribution in [2.45, 2.75) is 104 Å². The van der Waals surface area contributed by atoms with E-state index < -0.39 is 17.8 Å². The molecule has 0 heterocycles. The lowest BCUT2D eigenvalue weighted by atomic mass is 9.45. The molecule has 0 aromatic heterocycles. The Morgan fingerprint density at radius 1 is 0.935 bits per heavy atom. The van der Waals surface area contributed by atoms with Crippen LogP contribution in [0.2, 0.25) is 0 Å². The van der Waals surface area contributed by atoms with Crippen LogP contribution in [-0.2, 0) is 0 Å². The van der Waals surface area contributed by atoms with E-state index in [9.17, 15) is 15.3 Å². The van der Waals surface area contributed by atoms with Crippen LogP contribution in [0.4, 0.5) is 0 Å². The van der Waals surface area contributed by atoms with Crippen molar-refractivity contribution >= 4 is 0 Å². The van der Waals surface area contributed by atoms with E-state index in [0.717, 1.165) is 19.3 Å². The summed E-state index contributed by atoms with van der Waals surface area (Å²) in [6, 6.07) is 0. The van der Waals surface area contributed by atoms with Crippen molar-refractivity contribution in [3.63, 3.8) is 0 Å². The van der Waals surface area contributed by atoms with Crippen molar-refractivity contribution in [1.82, 2.24) is 0 Å². The molecule has 0 aromatic rings. The molecule has 0 amide bonds. The highest BCUT2D eigenvalue weighted by molar-refractivity contribution is 5.33. The highest BCUT2D eigenvalue weighted by Crippen LogP contribution is 2.67. The molecule has 176 valence electrons. The van der Waals surface area contributed by atoms with Crippen molar-refractivity contribution in [1.29, 1.82) is 0 Å². The Balaban J connectivity index is 1.61. The van der Waals surface area contributed by atoms with E-state index in [1.165, 1.54) is 24.8 Å². The fraction of sp³-hybridized carbons (Fsp3) is 0.857. The number of allylic oxidation sites excluding steroid dienone is 3. The largest absolute Gasteiger partial charge is 0.393 e. The zero-order valence-corrected chi connectivity index (χ0v) is 20.6. The van der Waals surface area contributed by atoms with Crippen LogP contribution in [-0.4, -0.2) is 33.1 Å². The number of hydrogen-bond donors (Lipinski definition) is 3. The van der Waals surface area contributed by atoms with E-state index in [1.807, 2.05) is 6.08 Å². The summed E-state index contributed by atoms with van der Waals surface area (Å²) in [6.07, 6.45) is 12.1. The van der Waals surface area contributed by atoms with Gasteiger partial charge in [-0.05, 0) is 79.4 Å². The quantitative estimate of drug-likeness (QED) is 0.516. The van der Waals surface area contributed by atoms with Gasteiger partial charge in [0.15, 0.2) is 0 Å². The second-order valence-corrected chi connectivity index (χ2v) is 12.5. The van der Waals surface area contributed by atoms with Crippen LogP contribution < -0.4 is 0 Å². The summed E-state index contributed by atoms with van der Waals surface area (Å²) in [6.45, 7) is 14.0. The maximum Gasteiger partial charge on any atom is 0.102 e. The first kappa shape index (κ1) is 23.5. The zero-order valence-electron chi connectivity index (χ0n) is 20.6. The normalized spacial score (nSPS) is 49.4. The Morgan fingerprint density at radius 3 is 2.32 bits per heavy atom. The SMILES string of the molecule is CC(C)[C@H](C)/C=C\C(C)[C@H]1CCC2C3=C[C@@H](O)C4(O)C[C@@H](O)CC[C@]4(C)C3CC[C@@]21C. The second-order valence-electron chi connectivity index (χ2n) is 12.5. The van der Waals surface area contributed by atoms with Gasteiger partial charge in [-0.3, -0.25) is 0 Å². The van der Waals surface area contributed by atoms with Gasteiger partial charge in [0.25, 0.3) is 0 Å². The third-order valence-corrected chi connectivity index (χ3v) is 10.7. The highest BCUT2D eigenvalue weighted by atomic mass is 16.3. The predicted molar refractivity (Wildman–Crippen MR) is 126 cm³/mol. The second kappa shape index (κ2) is 7.99. The fourth-order valence-corrected chi connectivity index (χ4v) is 8.16. The standard InChI is InChI=1S/C28H46O3/c1-17(2)18(3)7-8-19(4)22-9-10-23-21-15-25(30)28(31)16-20(29)11-14-27(28,6)24(21)12-13-26(22,23)5/h7-8,15,17-20,22-25,29-31H,9-14,16H2,1-6H3/b8-7-/t18-,19?,20+,22-,23?,24?,25-,26-,27-,28?/m1/s1. The third kappa shape index (κ3) is 3.49. The maximum atomic E-state index is 11.6. The van der Waals surface area contributed by atoms with E-state index in [0.29, 0.717) is 41.9 Å². The number of rotatable bonds is 4. The topological polar surface area (TPSA) is 60.7 Å². The van der Waals surface area contributed by atoms with Gasteiger partial charge in [-0.25, -0.2) is 0 Å². The Kier molecular flexibility index (Phi) is 6.06. The molecule has 4 rings (SSSR count). The van der Waals surface area contributed by atoms with Gasteiger partial charge in [-0.15, -0.1) is 0 Å². The minimum Gasteiger partial charge on any atom is -0.393 e. The van der Waals surface area contributed by atoms with Crippen molar-refractivity contribution in [2.75, 3.05) is 0 Å². The van der Waals surface area contributed by atoms with Crippen LogP contribution in [0.15, 0.2) is 23.8 Å². The lowest BCUT2D eigenvalue weighted by molar-refractivity contribution is -0.210. The summed E-state index contributed by atoms with van der Waals surface area (Å²) in [4.78, 5) is 0. The van der Waals surface area contributed by atoms with E-state index in [4.69, 9.17) is 0 Å². The number of aliphatic hydroxyl groups is 3. The van der Waals surface area contributed by atoms with Crippen LogP contribution in [0, 0.1) is 46.3 Å². The van der Waals surface area contributed by atoms with Gasteiger partial charge in [0.2, 0.25) is 0 Å². The third-order valence-electron chi connectivity index (χ3n) is 10.7. The molecule has 4 aliphatic rings. The summed E-state index contributed by atoms with van der Waals surface area (Å²) in [5.41, 5.74) is 0.160. The lowest BCUT2D eigenvalue weighted by Gasteiger charge is -2.62. The molecule has 0 spiro atoms. The first-order chi connectivity index (χ1) is 14.4. The van der Waals surface area contributed by atoms with E-state index >= 15 is 0 Å². The van der Waals surface area contributed by atoms with E-state index in [2.05, 4.69) is 53.7 Å². The number of hydrogen-bond acceptors (Lipinski definition) is 3. The summed E-state index contributed by atoms with van der Waals surface area (Å²) in [5.74, 6) is 3.37. The molecule has 0 radical (unpaired) electrons. The molecular formula is C28H46O3. The molecule has 4 unspecified atom stereocenters. The first-order valence-corrected chi connectivity index (χ1v) is 12.9. The molecule has 3 saturated carbocycles. The monoisotopic (exact) mass is 430 g/mol. The Hall–Kier alpha value is -0.640. The van der Waals surface area contributed by atoms with E-state index in [1.54, 1.807) is 0 Å². The van der Waals surface area contributed by atoms with Crippen molar-refractivity contribution < 1.29 is 15.3 Å². The van der Waals surface area contributed by atoms with Crippen LogP contribution in [0.5, 0.6) is 0 Å². The number of fused-ring (bicyclic) bond motifs is 5. The number of aliphatic hydroxyl groups excluding tert-OH is 2. The van der Waals surface area contributed by atoms with Gasteiger partial charge in [-0.1, -0.05) is 65.3 Å². The Labute approximate surface area is 190 Å². The molecule has 4 aliphatic carbocycles. The van der Waals surface area contributed by atoms with Crippen LogP contribution >= 0.6 is 0 Å². The van der Waals surface area contributed by atoms with Crippen molar-refractivity contribution in [3.8, 4) is 0 Å². The molecule has 3 fully saturated rings. The molecule has 0 bridgehead atoms. The highest BCUT2D eigenvalue weighted by Gasteiger charge is 2.64. The molecule has 0 saturated heterocycles. The smallest absolute Gasteiger partial charge is 0.102 e. The first-order valence-electron chi connectivity index (χ1n) is 12.9. The fourth-order valence-electron chi connectivity index (χ4n) is 8.16. The molecule has 31 heavy (non-hydrogen) atoms. The molecule has 0 aliphatic heterocycles. The van der Waals surface area contributed by atoms with Gasteiger partial charge in [0, 0.05) is 11.8 Å². The zero-order chi connectivity index (χ0) is 22.8. The molecule has 3 nitrogen and oxygen atoms in total. The maximum absolute atomic E-state index is 11.6. The summed E-state index contributed by atoms with van der Waals surface area (Å²) in [5, 5.41) is 32.9. The van der Waals surface area contributed by atoms with Crippen LogP contribution in [0.1, 0.15) is 86.5 Å². The van der Waals surface area contributed by atoms with Crippen LogP contribution in [0.3, 0.4) is 0 Å². The van der Waals surface area contributed by atoms with Gasteiger partial charge >= 0.3 is 0 Å². The van der Waals surface area contributed by atoms with Gasteiger partial charge in [0.05, 0.1) is 6.10 Å². The molecule has 0 aromatic carbocycles. The predicted octanol–water partition coefficient (Wildman–Crippen LogP) is 5.50. The summed E-state index contributed by atoms with van der Waals surface area (Å²) < 4.78 is 0.